The Bertz CT molecular complexity index is 1180. The van der Waals surface area contributed by atoms with Crippen LogP contribution >= 0.6 is 0 Å². The topological polar surface area (TPSA) is 93.0 Å². The van der Waals surface area contributed by atoms with E-state index in [-0.39, 0.29) is 6.54 Å². The molecule has 0 atom stereocenters. The number of nitrogens with zero attached hydrogens (tertiary/aromatic N) is 3. The number of piperazine rings is 1. The van der Waals surface area contributed by atoms with Gasteiger partial charge in [0.25, 0.3) is 0 Å². The first-order valence-corrected chi connectivity index (χ1v) is 13.1. The minimum absolute atomic E-state index is 0.252. The van der Waals surface area contributed by atoms with E-state index in [1.54, 1.807) is 6.07 Å². The van der Waals surface area contributed by atoms with Crippen molar-refractivity contribution < 1.29 is 14.3 Å². The molecule has 1 aliphatic rings. The van der Waals surface area contributed by atoms with Gasteiger partial charge in [-0.1, -0.05) is 36.4 Å². The molecule has 3 N–H and O–H groups in total. The number of carbonyl (C=O) groups is 1. The molecule has 1 aromatic heterocycles. The highest BCUT2D eigenvalue weighted by molar-refractivity contribution is 5.94. The molecule has 37 heavy (non-hydrogen) atoms. The Hall–Kier alpha value is -3.52. The number of unbranched alkanes of at least 4 members (excludes halogenated alkanes) is 1. The smallest absolute Gasteiger partial charge is 0.407 e. The van der Waals surface area contributed by atoms with Gasteiger partial charge in [-0.05, 0) is 57.7 Å². The summed E-state index contributed by atoms with van der Waals surface area (Å²) >= 11 is 0. The third-order valence-corrected chi connectivity index (χ3v) is 6.41. The van der Waals surface area contributed by atoms with E-state index >= 15 is 0 Å². The highest BCUT2D eigenvalue weighted by atomic mass is 16.6. The largest absolute Gasteiger partial charge is 0.478 e. The van der Waals surface area contributed by atoms with E-state index in [1.165, 1.54) is 16.5 Å². The lowest BCUT2D eigenvalue weighted by atomic mass is 10.1. The summed E-state index contributed by atoms with van der Waals surface area (Å²) in [6.45, 7) is 11.6. The summed E-state index contributed by atoms with van der Waals surface area (Å²) in [6.07, 6.45) is 1.54. The van der Waals surface area contributed by atoms with Crippen molar-refractivity contribution >= 4 is 28.4 Å². The maximum atomic E-state index is 11.8. The fourth-order valence-corrected chi connectivity index (χ4v) is 4.51. The molecule has 1 amide bonds. The first-order valence-electron chi connectivity index (χ1n) is 13.1. The number of alkyl carbamates (subject to hydrolysis) is 1. The third-order valence-electron chi connectivity index (χ3n) is 6.41. The fraction of sp³-hybridized carbons (Fsp3) is 0.448. The van der Waals surface area contributed by atoms with Crippen molar-refractivity contribution in [2.24, 2.45) is 0 Å². The van der Waals surface area contributed by atoms with Crippen LogP contribution in [-0.2, 0) is 11.3 Å². The van der Waals surface area contributed by atoms with Crippen LogP contribution in [0.15, 0.2) is 54.6 Å². The average Bonchev–Trinajstić information content (AvgIpc) is 2.87. The monoisotopic (exact) mass is 505 g/mol. The summed E-state index contributed by atoms with van der Waals surface area (Å²) in [7, 11) is 0. The number of nitrogens with one attached hydrogen (secondary N) is 1. The van der Waals surface area contributed by atoms with Gasteiger partial charge in [-0.2, -0.15) is 4.98 Å². The number of hydrogen-bond donors (Lipinski definition) is 2. The number of fused-ring (bicyclic) bond motifs is 1. The highest BCUT2D eigenvalue weighted by Gasteiger charge is 2.18. The van der Waals surface area contributed by atoms with E-state index in [9.17, 15) is 4.79 Å². The van der Waals surface area contributed by atoms with Crippen molar-refractivity contribution in [2.75, 3.05) is 50.0 Å². The Balaban J connectivity index is 1.14. The van der Waals surface area contributed by atoms with E-state index in [0.717, 1.165) is 51.1 Å². The lowest BCUT2D eigenvalue weighted by Gasteiger charge is -2.36. The Labute approximate surface area is 219 Å². The Morgan fingerprint density at radius 1 is 1.00 bits per heavy atom. The van der Waals surface area contributed by atoms with Crippen molar-refractivity contribution in [1.29, 1.82) is 0 Å². The molecule has 198 valence electrons. The van der Waals surface area contributed by atoms with Crippen molar-refractivity contribution in [1.82, 2.24) is 15.2 Å². The number of nitrogen functional groups attached to an aromatic ring is 1. The number of benzene rings is 2. The molecule has 0 bridgehead atoms. The summed E-state index contributed by atoms with van der Waals surface area (Å²) in [4.78, 5) is 21.2. The SMILES string of the molecule is CC(C)(C)OC(=O)NCc1ccc(OCCCCN2CCN(c3cccc4ccccc34)CC2)nc1N. The fourth-order valence-electron chi connectivity index (χ4n) is 4.51. The van der Waals surface area contributed by atoms with E-state index < -0.39 is 11.7 Å². The van der Waals surface area contributed by atoms with Gasteiger partial charge in [0.15, 0.2) is 0 Å². The lowest BCUT2D eigenvalue weighted by molar-refractivity contribution is 0.0523. The minimum atomic E-state index is -0.544. The summed E-state index contributed by atoms with van der Waals surface area (Å²) in [5.41, 5.74) is 7.57. The van der Waals surface area contributed by atoms with Gasteiger partial charge in [0.1, 0.15) is 11.4 Å². The van der Waals surface area contributed by atoms with Crippen LogP contribution in [-0.4, -0.2) is 60.9 Å². The molecular weight excluding hydrogens is 466 g/mol. The van der Waals surface area contributed by atoms with Gasteiger partial charge < -0.3 is 25.4 Å². The lowest BCUT2D eigenvalue weighted by Crippen LogP contribution is -2.46. The zero-order chi connectivity index (χ0) is 26.3. The number of hydrogen-bond acceptors (Lipinski definition) is 7. The molecule has 0 radical (unpaired) electrons. The molecule has 0 unspecified atom stereocenters. The van der Waals surface area contributed by atoms with E-state index in [4.69, 9.17) is 15.2 Å². The molecular formula is C29H39N5O3. The zero-order valence-electron chi connectivity index (χ0n) is 22.2. The van der Waals surface area contributed by atoms with Crippen LogP contribution in [0.5, 0.6) is 5.88 Å². The highest BCUT2D eigenvalue weighted by Crippen LogP contribution is 2.27. The van der Waals surface area contributed by atoms with E-state index in [0.29, 0.717) is 18.3 Å². The summed E-state index contributed by atoms with van der Waals surface area (Å²) in [5.74, 6) is 0.847. The first-order chi connectivity index (χ1) is 17.8. The van der Waals surface area contributed by atoms with Gasteiger partial charge in [0.05, 0.1) is 6.61 Å². The maximum Gasteiger partial charge on any atom is 0.407 e. The van der Waals surface area contributed by atoms with Crippen LogP contribution in [0.1, 0.15) is 39.2 Å². The summed E-state index contributed by atoms with van der Waals surface area (Å²) in [5, 5.41) is 5.32. The Morgan fingerprint density at radius 3 is 2.51 bits per heavy atom. The van der Waals surface area contributed by atoms with Crippen LogP contribution in [0, 0.1) is 0 Å². The Kier molecular flexibility index (Phi) is 8.71. The van der Waals surface area contributed by atoms with E-state index in [1.807, 2.05) is 26.8 Å². The van der Waals surface area contributed by atoms with Gasteiger partial charge in [-0.15, -0.1) is 0 Å². The number of rotatable bonds is 9. The van der Waals surface area contributed by atoms with Crippen molar-refractivity contribution in [3.63, 3.8) is 0 Å². The molecule has 8 nitrogen and oxygen atoms in total. The van der Waals surface area contributed by atoms with Crippen LogP contribution in [0.4, 0.5) is 16.3 Å². The number of nitrogens with two attached hydrogens (primary N) is 1. The van der Waals surface area contributed by atoms with Crippen LogP contribution in [0.25, 0.3) is 10.8 Å². The second kappa shape index (κ2) is 12.1. The summed E-state index contributed by atoms with van der Waals surface area (Å²) < 4.78 is 11.1. The number of carbonyl (C=O) groups excluding carboxylic acids is 1. The van der Waals surface area contributed by atoms with Gasteiger partial charge in [0.2, 0.25) is 5.88 Å². The average molecular weight is 506 g/mol. The predicted molar refractivity (Wildman–Crippen MR) is 149 cm³/mol. The second-order valence-electron chi connectivity index (χ2n) is 10.4. The molecule has 1 saturated heterocycles. The maximum absolute atomic E-state index is 11.8. The molecule has 0 saturated carbocycles. The van der Waals surface area contributed by atoms with Crippen LogP contribution < -0.4 is 20.7 Å². The van der Waals surface area contributed by atoms with Gasteiger partial charge in [-0.25, -0.2) is 4.79 Å². The van der Waals surface area contributed by atoms with Crippen molar-refractivity contribution in [3.8, 4) is 5.88 Å². The third kappa shape index (κ3) is 7.73. The van der Waals surface area contributed by atoms with E-state index in [2.05, 4.69) is 62.6 Å². The van der Waals surface area contributed by atoms with Crippen LogP contribution in [0.3, 0.4) is 0 Å². The quantitative estimate of drug-likeness (QED) is 0.403. The number of anilines is 2. The standard InChI is InChI=1S/C29H39N5O3/c1-29(2,3)37-28(35)31-21-23-13-14-26(32-27(23)30)36-20-7-6-15-33-16-18-34(19-17-33)25-12-8-10-22-9-4-5-11-24(22)25/h4-5,8-14H,6-7,15-21H2,1-3H3,(H2,30,32)(H,31,35). The first kappa shape index (κ1) is 26.5. The molecule has 8 heteroatoms. The van der Waals surface area contributed by atoms with Crippen molar-refractivity contribution in [3.05, 3.63) is 60.2 Å². The molecule has 2 heterocycles. The summed E-state index contributed by atoms with van der Waals surface area (Å²) in [6, 6.07) is 18.8. The van der Waals surface area contributed by atoms with Gasteiger partial charge in [-0.3, -0.25) is 4.90 Å². The minimum Gasteiger partial charge on any atom is -0.478 e. The van der Waals surface area contributed by atoms with Gasteiger partial charge in [0, 0.05) is 55.4 Å². The molecule has 2 aromatic carbocycles. The number of pyridine rings is 1. The van der Waals surface area contributed by atoms with Crippen LogP contribution in [0.2, 0.25) is 0 Å². The molecule has 3 aromatic rings. The van der Waals surface area contributed by atoms with Gasteiger partial charge >= 0.3 is 6.09 Å². The van der Waals surface area contributed by atoms with Crippen molar-refractivity contribution in [2.45, 2.75) is 45.8 Å². The number of ether oxygens (including phenoxy) is 2. The zero-order valence-corrected chi connectivity index (χ0v) is 22.2. The normalized spacial score (nSPS) is 14.5. The number of aromatic nitrogens is 1. The number of amides is 1. The molecule has 1 fully saturated rings. The molecule has 0 aliphatic carbocycles. The Morgan fingerprint density at radius 2 is 1.76 bits per heavy atom. The molecule has 1 aliphatic heterocycles. The molecule has 0 spiro atoms. The molecule has 4 rings (SSSR count). The second-order valence-corrected chi connectivity index (χ2v) is 10.4. The predicted octanol–water partition coefficient (Wildman–Crippen LogP) is 4.82.